The molecule has 1 heterocycles. The van der Waals surface area contributed by atoms with Crippen molar-refractivity contribution >= 4 is 35.1 Å². The smallest absolute Gasteiger partial charge is 0.358 e. The molecule has 8 heteroatoms. The first kappa shape index (κ1) is 23.8. The van der Waals surface area contributed by atoms with Gasteiger partial charge in [-0.25, -0.2) is 9.48 Å². The highest BCUT2D eigenvalue weighted by Gasteiger charge is 2.20. The summed E-state index contributed by atoms with van der Waals surface area (Å²) in [5.41, 5.74) is 2.63. The minimum atomic E-state index is -0.529. The first-order chi connectivity index (χ1) is 15.3. The van der Waals surface area contributed by atoms with E-state index in [2.05, 4.69) is 17.3 Å². The molecule has 3 aromatic rings. The molecule has 0 aliphatic rings. The van der Waals surface area contributed by atoms with Gasteiger partial charge in [-0.3, -0.25) is 4.79 Å². The molecule has 168 valence electrons. The lowest BCUT2D eigenvalue weighted by molar-refractivity contribution is 0.0518. The molecule has 6 nitrogen and oxygen atoms in total. The summed E-state index contributed by atoms with van der Waals surface area (Å²) in [5.74, 6) is -0.662. The van der Waals surface area contributed by atoms with Crippen LogP contribution in [0.4, 0.5) is 0 Å². The number of halogens is 2. The second-order valence-corrected chi connectivity index (χ2v) is 8.22. The van der Waals surface area contributed by atoms with Crippen LogP contribution in [0.5, 0.6) is 0 Å². The van der Waals surface area contributed by atoms with Gasteiger partial charge in [0.25, 0.3) is 5.91 Å². The molecule has 0 radical (unpaired) electrons. The molecule has 0 aliphatic heterocycles. The molecule has 1 aromatic heterocycles. The first-order valence-electron chi connectivity index (χ1n) is 10.5. The average Bonchev–Trinajstić information content (AvgIpc) is 3.19. The number of nitrogens with one attached hydrogen (secondary N) is 1. The summed E-state index contributed by atoms with van der Waals surface area (Å²) in [6.07, 6.45) is 1.91. The van der Waals surface area contributed by atoms with E-state index in [1.54, 1.807) is 60.1 Å². The molecule has 32 heavy (non-hydrogen) atoms. The third kappa shape index (κ3) is 5.50. The summed E-state index contributed by atoms with van der Waals surface area (Å²) in [6.45, 7) is 6.04. The first-order valence-corrected chi connectivity index (χ1v) is 11.2. The van der Waals surface area contributed by atoms with Gasteiger partial charge in [0.05, 0.1) is 23.0 Å². The topological polar surface area (TPSA) is 73.2 Å². The number of carbonyl (C=O) groups excluding carboxylic acids is 2. The molecule has 2 aromatic carbocycles. The molecule has 0 bridgehead atoms. The van der Waals surface area contributed by atoms with Gasteiger partial charge in [-0.05, 0) is 68.8 Å². The maximum absolute atomic E-state index is 12.5. The van der Waals surface area contributed by atoms with Crippen molar-refractivity contribution in [2.45, 2.75) is 39.7 Å². The van der Waals surface area contributed by atoms with Gasteiger partial charge in [-0.15, -0.1) is 0 Å². The number of carbonyl (C=O) groups is 2. The SMILES string of the molecule is CCC[C@H](C)NC(=O)c1ccc(-n2nc(C(=O)OCC)cc2-c2ccc(Cl)cc2Cl)cc1. The lowest BCUT2D eigenvalue weighted by Crippen LogP contribution is -2.32. The third-order valence-corrected chi connectivity index (χ3v) is 5.42. The van der Waals surface area contributed by atoms with Crippen LogP contribution < -0.4 is 5.32 Å². The Balaban J connectivity index is 1.99. The number of hydrogen-bond donors (Lipinski definition) is 1. The lowest BCUT2D eigenvalue weighted by atomic mass is 10.1. The number of hydrogen-bond acceptors (Lipinski definition) is 4. The standard InChI is InChI=1S/C24H25Cl2N3O3/c1-4-6-15(3)27-23(30)16-7-10-18(11-8-16)29-22(14-21(28-29)24(31)32-5-2)19-12-9-17(25)13-20(19)26/h7-15H,4-6H2,1-3H3,(H,27,30)/t15-/m0/s1. The molecule has 1 atom stereocenters. The predicted molar refractivity (Wildman–Crippen MR) is 127 cm³/mol. The minimum Gasteiger partial charge on any atom is -0.461 e. The van der Waals surface area contributed by atoms with Gasteiger partial charge >= 0.3 is 5.97 Å². The van der Waals surface area contributed by atoms with Crippen LogP contribution in [0, 0.1) is 0 Å². The average molecular weight is 474 g/mol. The minimum absolute atomic E-state index is 0.101. The van der Waals surface area contributed by atoms with E-state index < -0.39 is 5.97 Å². The number of rotatable bonds is 8. The summed E-state index contributed by atoms with van der Waals surface area (Å²) in [6, 6.07) is 13.8. The Labute approximate surface area is 197 Å². The highest BCUT2D eigenvalue weighted by Crippen LogP contribution is 2.32. The van der Waals surface area contributed by atoms with E-state index in [-0.39, 0.29) is 24.2 Å². The van der Waals surface area contributed by atoms with Crippen LogP contribution in [-0.2, 0) is 4.74 Å². The van der Waals surface area contributed by atoms with Crippen LogP contribution in [-0.4, -0.2) is 34.3 Å². The van der Waals surface area contributed by atoms with Gasteiger partial charge in [0, 0.05) is 22.2 Å². The molecule has 0 unspecified atom stereocenters. The van der Waals surface area contributed by atoms with Crippen molar-refractivity contribution in [2.75, 3.05) is 6.61 Å². The Morgan fingerprint density at radius 1 is 1.09 bits per heavy atom. The summed E-state index contributed by atoms with van der Waals surface area (Å²) in [7, 11) is 0. The second kappa shape index (κ2) is 10.7. The molecule has 3 rings (SSSR count). The number of esters is 1. The van der Waals surface area contributed by atoms with Gasteiger partial charge in [0.1, 0.15) is 0 Å². The zero-order valence-electron chi connectivity index (χ0n) is 18.2. The second-order valence-electron chi connectivity index (χ2n) is 7.38. The molecule has 0 spiro atoms. The van der Waals surface area contributed by atoms with E-state index in [9.17, 15) is 9.59 Å². The molecule has 0 aliphatic carbocycles. The third-order valence-electron chi connectivity index (χ3n) is 4.87. The van der Waals surface area contributed by atoms with Crippen molar-refractivity contribution in [3.05, 3.63) is 69.8 Å². The summed E-state index contributed by atoms with van der Waals surface area (Å²) < 4.78 is 6.70. The molecule has 0 fully saturated rings. The summed E-state index contributed by atoms with van der Waals surface area (Å²) in [5, 5.41) is 8.35. The fourth-order valence-electron chi connectivity index (χ4n) is 3.34. The maximum Gasteiger partial charge on any atom is 0.358 e. The zero-order chi connectivity index (χ0) is 23.3. The van der Waals surface area contributed by atoms with Crippen LogP contribution in [0.3, 0.4) is 0 Å². The van der Waals surface area contributed by atoms with Crippen molar-refractivity contribution in [3.63, 3.8) is 0 Å². The highest BCUT2D eigenvalue weighted by atomic mass is 35.5. The summed E-state index contributed by atoms with van der Waals surface area (Å²) >= 11 is 12.5. The van der Waals surface area contributed by atoms with E-state index in [1.807, 2.05) is 6.92 Å². The Morgan fingerprint density at radius 2 is 1.81 bits per heavy atom. The van der Waals surface area contributed by atoms with E-state index in [4.69, 9.17) is 27.9 Å². The van der Waals surface area contributed by atoms with E-state index in [1.165, 1.54) is 0 Å². The van der Waals surface area contributed by atoms with E-state index >= 15 is 0 Å². The van der Waals surface area contributed by atoms with Crippen molar-refractivity contribution in [3.8, 4) is 16.9 Å². The monoisotopic (exact) mass is 473 g/mol. The number of nitrogens with zero attached hydrogens (tertiary/aromatic N) is 2. The van der Waals surface area contributed by atoms with Gasteiger partial charge < -0.3 is 10.1 Å². The van der Waals surface area contributed by atoms with Crippen molar-refractivity contribution in [1.29, 1.82) is 0 Å². The van der Waals surface area contributed by atoms with Crippen LogP contribution in [0.15, 0.2) is 48.5 Å². The molecule has 0 saturated heterocycles. The lowest BCUT2D eigenvalue weighted by Gasteiger charge is -2.13. The molecule has 1 amide bonds. The van der Waals surface area contributed by atoms with Gasteiger partial charge in [0.2, 0.25) is 0 Å². The van der Waals surface area contributed by atoms with Crippen LogP contribution in [0.2, 0.25) is 10.0 Å². The normalized spacial score (nSPS) is 11.8. The van der Waals surface area contributed by atoms with E-state index in [0.29, 0.717) is 32.6 Å². The Kier molecular flexibility index (Phi) is 7.94. The van der Waals surface area contributed by atoms with Crippen molar-refractivity contribution in [2.24, 2.45) is 0 Å². The highest BCUT2D eigenvalue weighted by molar-refractivity contribution is 6.36. The quantitative estimate of drug-likeness (QED) is 0.410. The molecule has 0 saturated carbocycles. The predicted octanol–water partition coefficient (Wildman–Crippen LogP) is 5.94. The van der Waals surface area contributed by atoms with Gasteiger partial charge in [-0.1, -0.05) is 36.5 Å². The number of aromatic nitrogens is 2. The fraction of sp³-hybridized carbons (Fsp3) is 0.292. The van der Waals surface area contributed by atoms with E-state index in [0.717, 1.165) is 12.8 Å². The Hall–Kier alpha value is -2.83. The van der Waals surface area contributed by atoms with Gasteiger partial charge in [-0.2, -0.15) is 5.10 Å². The summed E-state index contributed by atoms with van der Waals surface area (Å²) in [4.78, 5) is 24.8. The number of amides is 1. The largest absolute Gasteiger partial charge is 0.461 e. The molecule has 1 N–H and O–H groups in total. The Morgan fingerprint density at radius 3 is 2.44 bits per heavy atom. The van der Waals surface area contributed by atoms with Crippen LogP contribution in [0.1, 0.15) is 54.5 Å². The van der Waals surface area contributed by atoms with Crippen molar-refractivity contribution < 1.29 is 14.3 Å². The molecular formula is C24H25Cl2N3O3. The zero-order valence-corrected chi connectivity index (χ0v) is 19.7. The fourth-order valence-corrected chi connectivity index (χ4v) is 3.84. The number of ether oxygens (including phenoxy) is 1. The van der Waals surface area contributed by atoms with Crippen LogP contribution in [0.25, 0.3) is 16.9 Å². The maximum atomic E-state index is 12.5. The molecular weight excluding hydrogens is 449 g/mol. The number of benzene rings is 2. The van der Waals surface area contributed by atoms with Gasteiger partial charge in [0.15, 0.2) is 5.69 Å². The van der Waals surface area contributed by atoms with Crippen molar-refractivity contribution in [1.82, 2.24) is 15.1 Å². The van der Waals surface area contributed by atoms with Crippen LogP contribution >= 0.6 is 23.2 Å². The Bertz CT molecular complexity index is 1110.